The second-order valence-corrected chi connectivity index (χ2v) is 5.56. The molecule has 1 atom stereocenters. The van der Waals surface area contributed by atoms with E-state index < -0.39 is 17.6 Å². The van der Waals surface area contributed by atoms with Crippen LogP contribution in [0.1, 0.15) is 30.4 Å². The average Bonchev–Trinajstić information content (AvgIpc) is 2.68. The fourth-order valence-corrected chi connectivity index (χ4v) is 2.75. The summed E-state index contributed by atoms with van der Waals surface area (Å²) in [5.74, 6) is -1.22. The lowest BCUT2D eigenvalue weighted by atomic mass is 10.1. The van der Waals surface area contributed by atoms with E-state index in [1.54, 1.807) is 0 Å². The van der Waals surface area contributed by atoms with Crippen molar-refractivity contribution in [1.29, 1.82) is 0 Å². The number of nitrogens with one attached hydrogen (secondary N) is 1. The molecule has 1 saturated heterocycles. The molecule has 0 amide bonds. The Bertz CT molecular complexity index is 465. The van der Waals surface area contributed by atoms with Crippen molar-refractivity contribution >= 4 is 0 Å². The van der Waals surface area contributed by atoms with Gasteiger partial charge in [-0.3, -0.25) is 4.90 Å². The van der Waals surface area contributed by atoms with Crippen LogP contribution in [0.2, 0.25) is 0 Å². The van der Waals surface area contributed by atoms with Crippen molar-refractivity contribution < 1.29 is 17.6 Å². The third-order valence-electron chi connectivity index (χ3n) is 3.94. The first-order chi connectivity index (χ1) is 9.88. The molecule has 0 aliphatic carbocycles. The van der Waals surface area contributed by atoms with E-state index in [4.69, 9.17) is 0 Å². The first-order valence-electron chi connectivity index (χ1n) is 7.14. The number of benzene rings is 1. The first kappa shape index (κ1) is 16.2. The molecule has 1 N–H and O–H groups in total. The van der Waals surface area contributed by atoms with E-state index in [0.29, 0.717) is 18.2 Å². The molecular formula is C15H20F4N2. The van der Waals surface area contributed by atoms with Crippen LogP contribution in [-0.2, 0) is 12.7 Å². The Morgan fingerprint density at radius 2 is 2.00 bits per heavy atom. The Morgan fingerprint density at radius 1 is 1.24 bits per heavy atom. The number of alkyl halides is 3. The minimum Gasteiger partial charge on any atom is -0.317 e. The zero-order valence-electron chi connectivity index (χ0n) is 12.0. The Morgan fingerprint density at radius 3 is 2.71 bits per heavy atom. The fourth-order valence-electron chi connectivity index (χ4n) is 2.75. The van der Waals surface area contributed by atoms with Gasteiger partial charge in [-0.15, -0.1) is 0 Å². The van der Waals surface area contributed by atoms with Gasteiger partial charge in [-0.25, -0.2) is 4.39 Å². The lowest BCUT2D eigenvalue weighted by molar-refractivity contribution is -0.140. The summed E-state index contributed by atoms with van der Waals surface area (Å²) < 4.78 is 51.4. The molecule has 118 valence electrons. The van der Waals surface area contributed by atoms with Crippen LogP contribution in [0.3, 0.4) is 0 Å². The van der Waals surface area contributed by atoms with Crippen molar-refractivity contribution in [3.63, 3.8) is 0 Å². The highest BCUT2D eigenvalue weighted by molar-refractivity contribution is 5.27. The molecular weight excluding hydrogens is 284 g/mol. The van der Waals surface area contributed by atoms with Gasteiger partial charge in [-0.1, -0.05) is 6.07 Å². The molecule has 1 aliphatic rings. The molecule has 1 aromatic rings. The highest BCUT2D eigenvalue weighted by Gasteiger charge is 2.34. The van der Waals surface area contributed by atoms with Crippen LogP contribution < -0.4 is 5.32 Å². The maximum Gasteiger partial charge on any atom is 0.419 e. The lowest BCUT2D eigenvalue weighted by Gasteiger charge is -2.27. The van der Waals surface area contributed by atoms with Gasteiger partial charge in [0.2, 0.25) is 0 Å². The topological polar surface area (TPSA) is 15.3 Å². The number of rotatable bonds is 3. The van der Waals surface area contributed by atoms with Gasteiger partial charge < -0.3 is 5.32 Å². The molecule has 2 nitrogen and oxygen atoms in total. The number of hydrogen-bond donors (Lipinski definition) is 1. The second-order valence-electron chi connectivity index (χ2n) is 5.56. The summed E-state index contributed by atoms with van der Waals surface area (Å²) in [6.07, 6.45) is -1.59. The largest absolute Gasteiger partial charge is 0.419 e. The van der Waals surface area contributed by atoms with Gasteiger partial charge in [-0.2, -0.15) is 13.2 Å². The van der Waals surface area contributed by atoms with E-state index in [1.807, 2.05) is 7.05 Å². The van der Waals surface area contributed by atoms with Crippen molar-refractivity contribution in [3.8, 4) is 0 Å². The quantitative estimate of drug-likeness (QED) is 0.861. The standard InChI is InChI=1S/C15H20F4N2/c1-21(12-3-2-7-20-8-6-12)10-11-4-5-14(16)13(9-11)15(17,18)19/h4-5,9,12,20H,2-3,6-8,10H2,1H3. The fraction of sp³-hybridized carbons (Fsp3) is 0.600. The third kappa shape index (κ3) is 4.41. The summed E-state index contributed by atoms with van der Waals surface area (Å²) in [6, 6.07) is 3.59. The predicted molar refractivity (Wildman–Crippen MR) is 73.4 cm³/mol. The number of nitrogens with zero attached hydrogens (tertiary/aromatic N) is 1. The normalized spacial score (nSPS) is 20.6. The van der Waals surface area contributed by atoms with Crippen molar-refractivity contribution in [3.05, 3.63) is 35.1 Å². The van der Waals surface area contributed by atoms with Crippen molar-refractivity contribution in [1.82, 2.24) is 10.2 Å². The minimum absolute atomic E-state index is 0.347. The van der Waals surface area contributed by atoms with Crippen LogP contribution in [0.15, 0.2) is 18.2 Å². The molecule has 2 rings (SSSR count). The molecule has 1 fully saturated rings. The Labute approximate surface area is 122 Å². The summed E-state index contributed by atoms with van der Waals surface area (Å²) in [5, 5.41) is 3.31. The van der Waals surface area contributed by atoms with Gasteiger partial charge in [0.1, 0.15) is 5.82 Å². The van der Waals surface area contributed by atoms with Crippen LogP contribution in [0.5, 0.6) is 0 Å². The average molecular weight is 304 g/mol. The summed E-state index contributed by atoms with van der Waals surface area (Å²) in [4.78, 5) is 2.06. The maximum atomic E-state index is 13.3. The second kappa shape index (κ2) is 6.75. The number of halogens is 4. The van der Waals surface area contributed by atoms with Crippen LogP contribution in [-0.4, -0.2) is 31.1 Å². The highest BCUT2D eigenvalue weighted by atomic mass is 19.4. The van der Waals surface area contributed by atoms with E-state index in [2.05, 4.69) is 10.2 Å². The highest BCUT2D eigenvalue weighted by Crippen LogP contribution is 2.32. The molecule has 1 heterocycles. The van der Waals surface area contributed by atoms with Crippen LogP contribution in [0, 0.1) is 5.82 Å². The third-order valence-corrected chi connectivity index (χ3v) is 3.94. The molecule has 0 bridgehead atoms. The van der Waals surface area contributed by atoms with Crippen LogP contribution >= 0.6 is 0 Å². The molecule has 1 aromatic carbocycles. The SMILES string of the molecule is CN(Cc1ccc(F)c(C(F)(F)F)c1)C1CCCNCC1. The van der Waals surface area contributed by atoms with Gasteiger partial charge in [0, 0.05) is 12.6 Å². The molecule has 21 heavy (non-hydrogen) atoms. The van der Waals surface area contributed by atoms with E-state index in [9.17, 15) is 17.6 Å². The van der Waals surface area contributed by atoms with Crippen molar-refractivity contribution in [2.45, 2.75) is 38.0 Å². The van der Waals surface area contributed by atoms with Crippen LogP contribution in [0.4, 0.5) is 17.6 Å². The monoisotopic (exact) mass is 304 g/mol. The van der Waals surface area contributed by atoms with Crippen molar-refractivity contribution in [2.75, 3.05) is 20.1 Å². The van der Waals surface area contributed by atoms with Gasteiger partial charge in [0.15, 0.2) is 0 Å². The smallest absolute Gasteiger partial charge is 0.317 e. The Balaban J connectivity index is 2.08. The molecule has 0 saturated carbocycles. The molecule has 0 aromatic heterocycles. The molecule has 6 heteroatoms. The Hall–Kier alpha value is -1.14. The zero-order valence-corrected chi connectivity index (χ0v) is 12.0. The van der Waals surface area contributed by atoms with E-state index in [0.717, 1.165) is 44.5 Å². The number of hydrogen-bond acceptors (Lipinski definition) is 2. The molecule has 0 spiro atoms. The van der Waals surface area contributed by atoms with E-state index in [-0.39, 0.29) is 0 Å². The summed E-state index contributed by atoms with van der Waals surface area (Å²) >= 11 is 0. The molecule has 1 aliphatic heterocycles. The van der Waals surface area contributed by atoms with Crippen LogP contribution in [0.25, 0.3) is 0 Å². The van der Waals surface area contributed by atoms with Gasteiger partial charge >= 0.3 is 6.18 Å². The summed E-state index contributed by atoms with van der Waals surface area (Å²) in [6.45, 7) is 2.30. The molecule has 1 unspecified atom stereocenters. The Kier molecular flexibility index (Phi) is 5.22. The zero-order chi connectivity index (χ0) is 15.5. The lowest BCUT2D eigenvalue weighted by Crippen LogP contribution is -2.32. The molecule has 0 radical (unpaired) electrons. The van der Waals surface area contributed by atoms with E-state index >= 15 is 0 Å². The first-order valence-corrected chi connectivity index (χ1v) is 7.14. The van der Waals surface area contributed by atoms with Crippen molar-refractivity contribution in [2.24, 2.45) is 0 Å². The summed E-state index contributed by atoms with van der Waals surface area (Å²) in [7, 11) is 1.91. The predicted octanol–water partition coefficient (Wildman–Crippen LogP) is 3.42. The van der Waals surface area contributed by atoms with E-state index in [1.165, 1.54) is 6.07 Å². The maximum absolute atomic E-state index is 13.3. The van der Waals surface area contributed by atoms with Gasteiger partial charge in [0.05, 0.1) is 5.56 Å². The summed E-state index contributed by atoms with van der Waals surface area (Å²) in [5.41, 5.74) is -0.695. The minimum atomic E-state index is -4.65. The van der Waals surface area contributed by atoms with Gasteiger partial charge in [0.25, 0.3) is 0 Å². The van der Waals surface area contributed by atoms with Gasteiger partial charge in [-0.05, 0) is 57.1 Å².